The molecule has 0 saturated carbocycles. The van der Waals surface area contributed by atoms with Crippen LogP contribution in [0.4, 0.5) is 26.3 Å². The number of rotatable bonds is 5. The van der Waals surface area contributed by atoms with Gasteiger partial charge in [0.25, 0.3) is 0 Å². The summed E-state index contributed by atoms with van der Waals surface area (Å²) in [5, 5.41) is 0. The van der Waals surface area contributed by atoms with E-state index in [9.17, 15) is 35.9 Å². The van der Waals surface area contributed by atoms with Crippen molar-refractivity contribution in [1.29, 1.82) is 0 Å². The molecule has 0 heterocycles. The third-order valence-corrected chi connectivity index (χ3v) is 2.20. The number of halogens is 7. The summed E-state index contributed by atoms with van der Waals surface area (Å²) in [4.78, 5) is 19.4. The molecule has 0 fully saturated rings. The largest absolute Gasteiger partial charge is 0.465 e. The lowest BCUT2D eigenvalue weighted by Crippen LogP contribution is -2.20. The first-order chi connectivity index (χ1) is 10.2. The normalized spacial score (nSPS) is 13.1. The zero-order valence-corrected chi connectivity index (χ0v) is 13.7. The van der Waals surface area contributed by atoms with Crippen LogP contribution in [0.5, 0.6) is 0 Å². The average molecular weight is 417 g/mol. The van der Waals surface area contributed by atoms with Gasteiger partial charge >= 0.3 is 24.3 Å². The van der Waals surface area contributed by atoms with Gasteiger partial charge in [0.15, 0.2) is 0 Å². The fraction of sp³-hybridized carbons (Fsp3) is 0.667. The van der Waals surface area contributed by atoms with E-state index in [-0.39, 0.29) is 19.3 Å². The van der Waals surface area contributed by atoms with Gasteiger partial charge in [-0.1, -0.05) is 15.9 Å². The quantitative estimate of drug-likeness (QED) is 0.295. The number of allylic oxidation sites excluding steroid dienone is 1. The molecule has 136 valence electrons. The van der Waals surface area contributed by atoms with Crippen LogP contribution in [0.2, 0.25) is 0 Å². The molecule has 0 amide bonds. The van der Waals surface area contributed by atoms with Gasteiger partial charge in [0.2, 0.25) is 0 Å². The molecular formula is C12H15BrF6O4. The molecule has 23 heavy (non-hydrogen) atoms. The molecule has 0 aromatic heterocycles. The van der Waals surface area contributed by atoms with Crippen molar-refractivity contribution in [1.82, 2.24) is 0 Å². The number of hydrogen-bond acceptors (Lipinski definition) is 4. The predicted molar refractivity (Wildman–Crippen MR) is 71.8 cm³/mol. The smallest absolute Gasteiger partial charge is 0.409 e. The van der Waals surface area contributed by atoms with Crippen LogP contribution >= 0.6 is 15.9 Å². The molecule has 0 radical (unpaired) electrons. The summed E-state index contributed by atoms with van der Waals surface area (Å²) in [5.41, 5.74) is 0. The molecule has 0 aliphatic rings. The molecule has 1 atom stereocenters. The average Bonchev–Trinajstić information content (AvgIpc) is 2.29. The Hall–Kier alpha value is -1.26. The maximum atomic E-state index is 11.7. The molecule has 0 spiro atoms. The van der Waals surface area contributed by atoms with Crippen LogP contribution in [0.1, 0.15) is 20.3 Å². The number of alkyl halides is 7. The van der Waals surface area contributed by atoms with Gasteiger partial charge in [-0.15, -0.1) is 0 Å². The predicted octanol–water partition coefficient (Wildman–Crippen LogP) is 3.93. The summed E-state index contributed by atoms with van der Waals surface area (Å²) in [6.07, 6.45) is -8.80. The monoisotopic (exact) mass is 416 g/mol. The summed E-state index contributed by atoms with van der Waals surface area (Å²) in [7, 11) is 0. The van der Waals surface area contributed by atoms with E-state index in [1.807, 2.05) is 0 Å². The van der Waals surface area contributed by atoms with Crippen LogP contribution in [-0.4, -0.2) is 42.3 Å². The van der Waals surface area contributed by atoms with Crippen molar-refractivity contribution < 1.29 is 45.4 Å². The molecule has 0 N–H and O–H groups in total. The molecule has 4 nitrogen and oxygen atoms in total. The van der Waals surface area contributed by atoms with Gasteiger partial charge < -0.3 is 9.47 Å². The molecule has 0 saturated heterocycles. The van der Waals surface area contributed by atoms with Crippen molar-refractivity contribution in [3.05, 3.63) is 12.2 Å². The Morgan fingerprint density at radius 3 is 1.87 bits per heavy atom. The molecule has 0 rings (SSSR count). The summed E-state index contributed by atoms with van der Waals surface area (Å²) in [6, 6.07) is 0. The summed E-state index contributed by atoms with van der Waals surface area (Å²) in [6.45, 7) is 1.68. The van der Waals surface area contributed by atoms with Crippen molar-refractivity contribution in [2.45, 2.75) is 37.4 Å². The maximum absolute atomic E-state index is 11.7. The minimum Gasteiger partial charge on any atom is -0.465 e. The second-order valence-corrected chi connectivity index (χ2v) is 5.26. The molecule has 0 bridgehead atoms. The Labute approximate surface area is 136 Å². The van der Waals surface area contributed by atoms with Gasteiger partial charge in [-0.05, 0) is 6.08 Å². The standard InChI is InChI=1S/C6H8BrF3O2.C6H7F3O2/c1-4(11)12-3-5(7)2-6(8,9)10;1-5(10)11-4-2-3-6(7,8)9/h5H,2-3H2,1H3;2-3H,4H2,1H3/b;3-2-. The fourth-order valence-corrected chi connectivity index (χ4v) is 1.36. The van der Waals surface area contributed by atoms with E-state index in [1.54, 1.807) is 0 Å². The van der Waals surface area contributed by atoms with Crippen molar-refractivity contribution >= 4 is 27.9 Å². The number of ether oxygens (including phenoxy) is 2. The summed E-state index contributed by atoms with van der Waals surface area (Å²) >= 11 is 2.74. The van der Waals surface area contributed by atoms with E-state index in [0.29, 0.717) is 0 Å². The topological polar surface area (TPSA) is 52.6 Å². The van der Waals surface area contributed by atoms with Gasteiger partial charge in [0.1, 0.15) is 13.2 Å². The van der Waals surface area contributed by atoms with Crippen molar-refractivity contribution in [3.8, 4) is 0 Å². The second kappa shape index (κ2) is 11.3. The van der Waals surface area contributed by atoms with E-state index in [2.05, 4.69) is 25.4 Å². The van der Waals surface area contributed by atoms with Gasteiger partial charge in [-0.2, -0.15) is 26.3 Å². The number of carbonyl (C=O) groups excluding carboxylic acids is 2. The highest BCUT2D eigenvalue weighted by atomic mass is 79.9. The van der Waals surface area contributed by atoms with Crippen molar-refractivity contribution in [3.63, 3.8) is 0 Å². The zero-order chi connectivity index (χ0) is 18.7. The number of hydrogen-bond donors (Lipinski definition) is 0. The first-order valence-corrected chi connectivity index (χ1v) is 6.86. The summed E-state index contributed by atoms with van der Waals surface area (Å²) in [5.74, 6) is -1.18. The minimum absolute atomic E-state index is 0.0238. The molecule has 11 heteroatoms. The molecule has 0 aliphatic carbocycles. The zero-order valence-electron chi connectivity index (χ0n) is 12.1. The van der Waals surface area contributed by atoms with Crippen molar-refractivity contribution in [2.24, 2.45) is 0 Å². The lowest BCUT2D eigenvalue weighted by atomic mass is 10.3. The highest BCUT2D eigenvalue weighted by Gasteiger charge is 2.31. The maximum Gasteiger partial charge on any atom is 0.409 e. The van der Waals surface area contributed by atoms with Gasteiger partial charge in [0.05, 0.1) is 11.2 Å². The van der Waals surface area contributed by atoms with Gasteiger partial charge in [0, 0.05) is 19.9 Å². The third kappa shape index (κ3) is 26.0. The summed E-state index contributed by atoms with van der Waals surface area (Å²) < 4.78 is 77.6. The molecule has 0 aromatic rings. The molecular weight excluding hydrogens is 402 g/mol. The second-order valence-electron chi connectivity index (χ2n) is 3.97. The lowest BCUT2D eigenvalue weighted by Gasteiger charge is -2.11. The minimum atomic E-state index is -4.33. The molecule has 0 aliphatic heterocycles. The number of carbonyl (C=O) groups is 2. The molecule has 1 unspecified atom stereocenters. The van der Waals surface area contributed by atoms with Gasteiger partial charge in [-0.3, -0.25) is 9.59 Å². The Kier molecular flexibility index (Phi) is 11.8. The highest BCUT2D eigenvalue weighted by Crippen LogP contribution is 2.25. The highest BCUT2D eigenvalue weighted by molar-refractivity contribution is 9.09. The SMILES string of the molecule is CC(=O)OC/C=C\C(F)(F)F.CC(=O)OCC(Br)CC(F)(F)F. The van der Waals surface area contributed by atoms with Crippen LogP contribution in [-0.2, 0) is 19.1 Å². The van der Waals surface area contributed by atoms with E-state index in [4.69, 9.17) is 0 Å². The van der Waals surface area contributed by atoms with Crippen LogP contribution in [0.15, 0.2) is 12.2 Å². The first-order valence-electron chi connectivity index (χ1n) is 5.95. The van der Waals surface area contributed by atoms with E-state index >= 15 is 0 Å². The van der Waals surface area contributed by atoms with Crippen molar-refractivity contribution in [2.75, 3.05) is 13.2 Å². The fourth-order valence-electron chi connectivity index (χ4n) is 0.865. The van der Waals surface area contributed by atoms with Crippen LogP contribution < -0.4 is 0 Å². The third-order valence-electron chi connectivity index (χ3n) is 1.61. The van der Waals surface area contributed by atoms with E-state index in [1.165, 1.54) is 0 Å². The van der Waals surface area contributed by atoms with Crippen LogP contribution in [0, 0.1) is 0 Å². The molecule has 0 aromatic carbocycles. The number of esters is 2. The van der Waals surface area contributed by atoms with E-state index in [0.717, 1.165) is 19.9 Å². The Morgan fingerprint density at radius 2 is 1.52 bits per heavy atom. The van der Waals surface area contributed by atoms with Crippen LogP contribution in [0.25, 0.3) is 0 Å². The van der Waals surface area contributed by atoms with Crippen LogP contribution in [0.3, 0.4) is 0 Å². The Balaban J connectivity index is 0. The van der Waals surface area contributed by atoms with E-state index < -0.39 is 35.5 Å². The lowest BCUT2D eigenvalue weighted by molar-refractivity contribution is -0.147. The van der Waals surface area contributed by atoms with Gasteiger partial charge in [-0.25, -0.2) is 0 Å². The first kappa shape index (κ1) is 24.0. The Morgan fingerprint density at radius 1 is 1.04 bits per heavy atom. The Bertz CT molecular complexity index is 392.